The summed E-state index contributed by atoms with van der Waals surface area (Å²) < 4.78 is 0. The number of benzene rings is 1. The van der Waals surface area contributed by atoms with Gasteiger partial charge in [0.2, 0.25) is 11.8 Å². The van der Waals surface area contributed by atoms with Gasteiger partial charge >= 0.3 is 5.97 Å². The van der Waals surface area contributed by atoms with Crippen molar-refractivity contribution in [2.45, 2.75) is 43.1 Å². The minimum absolute atomic E-state index is 0.0632. The van der Waals surface area contributed by atoms with Gasteiger partial charge in [0.05, 0.1) is 16.9 Å². The van der Waals surface area contributed by atoms with E-state index in [0.717, 1.165) is 18.4 Å². The van der Waals surface area contributed by atoms with E-state index in [2.05, 4.69) is 0 Å². The summed E-state index contributed by atoms with van der Waals surface area (Å²) in [7, 11) is 1.70. The zero-order valence-corrected chi connectivity index (χ0v) is 15.0. The van der Waals surface area contributed by atoms with Crippen molar-refractivity contribution < 1.29 is 19.5 Å². The molecule has 1 N–H and O–H groups in total. The highest BCUT2D eigenvalue weighted by Crippen LogP contribution is 2.51. The molecular weight excluding hydrogens is 332 g/mol. The first-order valence-electron chi connectivity index (χ1n) is 9.25. The monoisotopic (exact) mass is 356 g/mol. The molecule has 1 spiro atoms. The highest BCUT2D eigenvalue weighted by molar-refractivity contribution is 5.92. The van der Waals surface area contributed by atoms with E-state index < -0.39 is 22.8 Å². The van der Waals surface area contributed by atoms with Crippen molar-refractivity contribution in [2.24, 2.45) is 5.92 Å². The van der Waals surface area contributed by atoms with Gasteiger partial charge in [0.1, 0.15) is 0 Å². The number of carboxylic acids is 1. The molecule has 1 aliphatic carbocycles. The van der Waals surface area contributed by atoms with Crippen LogP contribution < -0.4 is 0 Å². The highest BCUT2D eigenvalue weighted by Gasteiger charge is 2.58. The summed E-state index contributed by atoms with van der Waals surface area (Å²) in [5.74, 6) is -1.55. The Morgan fingerprint density at radius 2 is 1.69 bits per heavy atom. The fourth-order valence-electron chi connectivity index (χ4n) is 4.89. The first kappa shape index (κ1) is 17.1. The van der Waals surface area contributed by atoms with E-state index >= 15 is 0 Å². The second-order valence-corrected chi connectivity index (χ2v) is 7.89. The second-order valence-electron chi connectivity index (χ2n) is 7.89. The SMILES string of the molecule is CN1C(=O)C[C@@H](C(=O)O)C12CCN(C(=O)C1(c3ccccc3)CC1)CC2. The molecule has 2 amide bonds. The molecule has 2 saturated heterocycles. The molecule has 1 saturated carbocycles. The summed E-state index contributed by atoms with van der Waals surface area (Å²) in [5.41, 5.74) is 0.0280. The number of piperidine rings is 1. The average Bonchev–Trinajstić information content (AvgIpc) is 3.43. The lowest BCUT2D eigenvalue weighted by atomic mass is 9.76. The molecule has 3 aliphatic rings. The van der Waals surface area contributed by atoms with Gasteiger partial charge in [-0.2, -0.15) is 0 Å². The summed E-state index contributed by atoms with van der Waals surface area (Å²) in [6.07, 6.45) is 2.86. The molecule has 2 heterocycles. The van der Waals surface area contributed by atoms with Gasteiger partial charge in [-0.05, 0) is 31.2 Å². The van der Waals surface area contributed by atoms with Crippen LogP contribution in [0.1, 0.15) is 37.7 Å². The molecule has 1 atom stereocenters. The van der Waals surface area contributed by atoms with Crippen LogP contribution in [0.3, 0.4) is 0 Å². The minimum atomic E-state index is -0.912. The van der Waals surface area contributed by atoms with E-state index in [0.29, 0.717) is 25.9 Å². The van der Waals surface area contributed by atoms with Crippen molar-refractivity contribution in [1.29, 1.82) is 0 Å². The van der Waals surface area contributed by atoms with Crippen LogP contribution in [0, 0.1) is 5.92 Å². The average molecular weight is 356 g/mol. The molecule has 0 radical (unpaired) electrons. The molecule has 6 heteroatoms. The van der Waals surface area contributed by atoms with Crippen molar-refractivity contribution in [3.8, 4) is 0 Å². The van der Waals surface area contributed by atoms with Crippen LogP contribution in [0.5, 0.6) is 0 Å². The molecule has 0 bridgehead atoms. The number of carboxylic acid groups (broad SMARTS) is 1. The summed E-state index contributed by atoms with van der Waals surface area (Å²) in [6.45, 7) is 1.02. The third-order valence-electron chi connectivity index (χ3n) is 6.77. The maximum atomic E-state index is 13.2. The Labute approximate surface area is 152 Å². The predicted molar refractivity (Wildman–Crippen MR) is 94.4 cm³/mol. The second kappa shape index (κ2) is 5.83. The number of likely N-dealkylation sites (tertiary alicyclic amines) is 2. The van der Waals surface area contributed by atoms with E-state index in [4.69, 9.17) is 0 Å². The first-order chi connectivity index (χ1) is 12.4. The molecule has 138 valence electrons. The summed E-state index contributed by atoms with van der Waals surface area (Å²) in [5, 5.41) is 9.57. The predicted octanol–water partition coefficient (Wildman–Crippen LogP) is 1.64. The Morgan fingerprint density at radius 3 is 2.23 bits per heavy atom. The quantitative estimate of drug-likeness (QED) is 0.893. The number of carbonyl (C=O) groups excluding carboxylic acids is 2. The van der Waals surface area contributed by atoms with Crippen molar-refractivity contribution in [3.05, 3.63) is 35.9 Å². The third-order valence-corrected chi connectivity index (χ3v) is 6.77. The number of carbonyl (C=O) groups is 3. The van der Waals surface area contributed by atoms with Gasteiger partial charge in [0.15, 0.2) is 0 Å². The largest absolute Gasteiger partial charge is 0.481 e. The molecule has 4 rings (SSSR count). The van der Waals surface area contributed by atoms with Gasteiger partial charge in [0, 0.05) is 26.6 Å². The Balaban J connectivity index is 1.51. The van der Waals surface area contributed by atoms with E-state index in [-0.39, 0.29) is 18.2 Å². The van der Waals surface area contributed by atoms with Crippen molar-refractivity contribution in [3.63, 3.8) is 0 Å². The molecule has 2 aliphatic heterocycles. The van der Waals surface area contributed by atoms with Gasteiger partial charge < -0.3 is 14.9 Å². The van der Waals surface area contributed by atoms with Crippen LogP contribution in [0.25, 0.3) is 0 Å². The maximum absolute atomic E-state index is 13.2. The summed E-state index contributed by atoms with van der Waals surface area (Å²) in [6, 6.07) is 9.91. The van der Waals surface area contributed by atoms with Crippen LogP contribution in [0.2, 0.25) is 0 Å². The van der Waals surface area contributed by atoms with Gasteiger partial charge in [-0.25, -0.2) is 0 Å². The smallest absolute Gasteiger partial charge is 0.309 e. The number of hydrogen-bond donors (Lipinski definition) is 1. The number of rotatable bonds is 3. The molecule has 26 heavy (non-hydrogen) atoms. The van der Waals surface area contributed by atoms with Gasteiger partial charge in [-0.1, -0.05) is 30.3 Å². The Bertz CT molecular complexity index is 748. The molecular formula is C20H24N2O4. The fraction of sp³-hybridized carbons (Fsp3) is 0.550. The zero-order chi connectivity index (χ0) is 18.5. The third kappa shape index (κ3) is 2.35. The summed E-state index contributed by atoms with van der Waals surface area (Å²) in [4.78, 5) is 40.5. The normalized spacial score (nSPS) is 26.2. The standard InChI is InChI=1S/C20H24N2O4/c1-21-16(23)13-15(17(24)25)20(21)9-11-22(12-10-20)18(26)19(7-8-19)14-5-3-2-4-6-14/h2-6,15H,7-13H2,1H3,(H,24,25)/t15-/m0/s1. The van der Waals surface area contributed by atoms with Crippen molar-refractivity contribution in [1.82, 2.24) is 9.80 Å². The van der Waals surface area contributed by atoms with E-state index in [1.165, 1.54) is 0 Å². The van der Waals surface area contributed by atoms with E-state index in [9.17, 15) is 19.5 Å². The van der Waals surface area contributed by atoms with E-state index in [1.54, 1.807) is 11.9 Å². The molecule has 1 aromatic rings. The van der Waals surface area contributed by atoms with Gasteiger partial charge in [0.25, 0.3) is 0 Å². The highest BCUT2D eigenvalue weighted by atomic mass is 16.4. The lowest BCUT2D eigenvalue weighted by Crippen LogP contribution is -2.57. The maximum Gasteiger partial charge on any atom is 0.309 e. The van der Waals surface area contributed by atoms with Crippen LogP contribution in [-0.4, -0.2) is 58.4 Å². The fourth-order valence-corrected chi connectivity index (χ4v) is 4.89. The number of amides is 2. The number of hydrogen-bond acceptors (Lipinski definition) is 3. The molecule has 3 fully saturated rings. The Kier molecular flexibility index (Phi) is 3.82. The van der Waals surface area contributed by atoms with Crippen molar-refractivity contribution in [2.75, 3.05) is 20.1 Å². The number of nitrogens with zero attached hydrogens (tertiary/aromatic N) is 2. The Morgan fingerprint density at radius 1 is 1.08 bits per heavy atom. The first-order valence-corrected chi connectivity index (χ1v) is 9.25. The molecule has 1 aromatic carbocycles. The molecule has 0 unspecified atom stereocenters. The molecule has 0 aromatic heterocycles. The molecule has 6 nitrogen and oxygen atoms in total. The van der Waals surface area contributed by atoms with Crippen LogP contribution in [-0.2, 0) is 19.8 Å². The van der Waals surface area contributed by atoms with Crippen LogP contribution >= 0.6 is 0 Å². The summed E-state index contributed by atoms with van der Waals surface area (Å²) >= 11 is 0. The number of aliphatic carboxylic acids is 1. The topological polar surface area (TPSA) is 77.9 Å². The Hall–Kier alpha value is -2.37. The zero-order valence-electron chi connectivity index (χ0n) is 15.0. The van der Waals surface area contributed by atoms with Gasteiger partial charge in [-0.3, -0.25) is 14.4 Å². The van der Waals surface area contributed by atoms with Crippen LogP contribution in [0.15, 0.2) is 30.3 Å². The van der Waals surface area contributed by atoms with Gasteiger partial charge in [-0.15, -0.1) is 0 Å². The van der Waals surface area contributed by atoms with Crippen molar-refractivity contribution >= 4 is 17.8 Å². The lowest BCUT2D eigenvalue weighted by molar-refractivity contribution is -0.147. The van der Waals surface area contributed by atoms with E-state index in [1.807, 2.05) is 35.2 Å². The minimum Gasteiger partial charge on any atom is -0.481 e. The lowest BCUT2D eigenvalue weighted by Gasteiger charge is -2.46. The van der Waals surface area contributed by atoms with Crippen LogP contribution in [0.4, 0.5) is 0 Å².